The lowest BCUT2D eigenvalue weighted by Crippen LogP contribution is -1.85. The van der Waals surface area contributed by atoms with Crippen LogP contribution in [0.4, 0.5) is 0 Å². The van der Waals surface area contributed by atoms with Gasteiger partial charge in [-0.1, -0.05) is 161 Å². The number of rotatable bonds is 28. The minimum absolute atomic E-state index is 0.372. The number of hydrogen-bond acceptors (Lipinski definition) is 1. The third-order valence-electron chi connectivity index (χ3n) is 6.79. The summed E-state index contributed by atoms with van der Waals surface area (Å²) in [6, 6.07) is 0. The van der Waals surface area contributed by atoms with Crippen LogP contribution < -0.4 is 0 Å². The first kappa shape index (κ1) is 31.2. The van der Waals surface area contributed by atoms with Crippen molar-refractivity contribution in [1.29, 1.82) is 0 Å². The van der Waals surface area contributed by atoms with Gasteiger partial charge in [-0.05, 0) is 12.8 Å². The number of aliphatic hydroxyl groups excluding tert-OH is 1. The maximum atomic E-state index is 8.76. The van der Waals surface area contributed by atoms with Crippen molar-refractivity contribution in [2.24, 2.45) is 0 Å². The van der Waals surface area contributed by atoms with Crippen LogP contribution in [0, 0.1) is 0 Å². The van der Waals surface area contributed by atoms with E-state index in [1.54, 1.807) is 0 Å². The Labute approximate surface area is 202 Å². The van der Waals surface area contributed by atoms with Crippen molar-refractivity contribution >= 4 is 11.6 Å². The highest BCUT2D eigenvalue weighted by Gasteiger charge is 1.96. The Morgan fingerprint density at radius 3 is 0.581 bits per heavy atom. The molecule has 0 atom stereocenters. The summed E-state index contributed by atoms with van der Waals surface area (Å²) in [4.78, 5) is 0. The maximum Gasteiger partial charge on any atom is 0.0431 e. The van der Waals surface area contributed by atoms with E-state index in [-0.39, 0.29) is 0 Å². The number of aliphatic hydroxyl groups is 1. The minimum atomic E-state index is 0.372. The molecule has 0 rings (SSSR count). The zero-order valence-corrected chi connectivity index (χ0v) is 22.1. The molecule has 188 valence electrons. The van der Waals surface area contributed by atoms with Gasteiger partial charge < -0.3 is 5.11 Å². The summed E-state index contributed by atoms with van der Waals surface area (Å²) < 4.78 is 0. The van der Waals surface area contributed by atoms with E-state index in [0.717, 1.165) is 12.3 Å². The van der Waals surface area contributed by atoms with E-state index in [2.05, 4.69) is 0 Å². The summed E-state index contributed by atoms with van der Waals surface area (Å²) >= 11 is 5.71. The summed E-state index contributed by atoms with van der Waals surface area (Å²) in [5.74, 6) is 0.842. The van der Waals surface area contributed by atoms with Crippen LogP contribution in [0.2, 0.25) is 0 Å². The molecular formula is C29H59ClO. The van der Waals surface area contributed by atoms with Crippen LogP contribution in [0.25, 0.3) is 0 Å². The second-order valence-electron chi connectivity index (χ2n) is 9.96. The Morgan fingerprint density at radius 1 is 0.258 bits per heavy atom. The van der Waals surface area contributed by atoms with Crippen LogP contribution in [0.3, 0.4) is 0 Å². The van der Waals surface area contributed by atoms with Crippen LogP contribution in [0.1, 0.15) is 173 Å². The zero-order chi connectivity index (χ0) is 22.5. The van der Waals surface area contributed by atoms with E-state index >= 15 is 0 Å². The van der Waals surface area contributed by atoms with Crippen LogP contribution in [0.5, 0.6) is 0 Å². The molecule has 0 aliphatic heterocycles. The van der Waals surface area contributed by atoms with Crippen molar-refractivity contribution < 1.29 is 5.11 Å². The summed E-state index contributed by atoms with van der Waals surface area (Å²) in [6.07, 6.45) is 37.9. The molecule has 1 nitrogen and oxygen atoms in total. The van der Waals surface area contributed by atoms with Gasteiger partial charge in [0, 0.05) is 12.5 Å². The average molecular weight is 459 g/mol. The smallest absolute Gasteiger partial charge is 0.0431 e. The van der Waals surface area contributed by atoms with Gasteiger partial charge >= 0.3 is 0 Å². The molecule has 0 heterocycles. The predicted molar refractivity (Wildman–Crippen MR) is 142 cm³/mol. The highest BCUT2D eigenvalue weighted by molar-refractivity contribution is 6.17. The quantitative estimate of drug-likeness (QED) is 0.0912. The molecule has 0 saturated carbocycles. The van der Waals surface area contributed by atoms with Crippen LogP contribution in [-0.2, 0) is 0 Å². The number of halogens is 1. The largest absolute Gasteiger partial charge is 0.396 e. The first-order valence-corrected chi connectivity index (χ1v) is 15.1. The third kappa shape index (κ3) is 30.2. The minimum Gasteiger partial charge on any atom is -0.396 e. The average Bonchev–Trinajstić information content (AvgIpc) is 2.78. The monoisotopic (exact) mass is 458 g/mol. The van der Waals surface area contributed by atoms with Gasteiger partial charge in [0.2, 0.25) is 0 Å². The van der Waals surface area contributed by atoms with Gasteiger partial charge in [-0.25, -0.2) is 0 Å². The van der Waals surface area contributed by atoms with Crippen molar-refractivity contribution in [1.82, 2.24) is 0 Å². The fourth-order valence-corrected chi connectivity index (χ4v) is 4.81. The van der Waals surface area contributed by atoms with Crippen molar-refractivity contribution in [2.75, 3.05) is 12.5 Å². The fourth-order valence-electron chi connectivity index (χ4n) is 4.63. The van der Waals surface area contributed by atoms with Gasteiger partial charge in [0.1, 0.15) is 0 Å². The molecular weight excluding hydrogens is 400 g/mol. The lowest BCUT2D eigenvalue weighted by molar-refractivity contribution is 0.282. The summed E-state index contributed by atoms with van der Waals surface area (Å²) in [6.45, 7) is 0.372. The lowest BCUT2D eigenvalue weighted by atomic mass is 10.0. The van der Waals surface area contributed by atoms with Crippen molar-refractivity contribution in [3.63, 3.8) is 0 Å². The number of hydrogen-bond donors (Lipinski definition) is 1. The number of alkyl halides is 1. The Morgan fingerprint density at radius 2 is 0.419 bits per heavy atom. The highest BCUT2D eigenvalue weighted by Crippen LogP contribution is 2.16. The fraction of sp³-hybridized carbons (Fsp3) is 1.00. The van der Waals surface area contributed by atoms with Crippen LogP contribution in [0.15, 0.2) is 0 Å². The first-order chi connectivity index (χ1) is 15.4. The molecule has 0 aromatic rings. The van der Waals surface area contributed by atoms with Crippen molar-refractivity contribution in [3.05, 3.63) is 0 Å². The Hall–Kier alpha value is 0.250. The van der Waals surface area contributed by atoms with Crippen molar-refractivity contribution in [2.45, 2.75) is 173 Å². The molecule has 0 bridgehead atoms. The Kier molecular flexibility index (Phi) is 30.5. The van der Waals surface area contributed by atoms with Gasteiger partial charge in [0.15, 0.2) is 0 Å². The van der Waals surface area contributed by atoms with E-state index in [1.807, 2.05) is 0 Å². The third-order valence-corrected chi connectivity index (χ3v) is 7.06. The van der Waals surface area contributed by atoms with E-state index in [9.17, 15) is 0 Å². The molecule has 0 amide bonds. The SMILES string of the molecule is OCCCCCCCCCCCCCCCCCCCCCCCCCCCCCCl. The molecule has 0 spiro atoms. The molecule has 0 radical (unpaired) electrons. The molecule has 0 unspecified atom stereocenters. The Balaban J connectivity index is 2.98. The highest BCUT2D eigenvalue weighted by atomic mass is 35.5. The molecule has 2 heteroatoms. The van der Waals surface area contributed by atoms with Crippen LogP contribution >= 0.6 is 11.6 Å². The summed E-state index contributed by atoms with van der Waals surface area (Å²) in [5, 5.41) is 8.76. The van der Waals surface area contributed by atoms with E-state index in [4.69, 9.17) is 16.7 Å². The Bertz CT molecular complexity index is 266. The molecule has 31 heavy (non-hydrogen) atoms. The lowest BCUT2D eigenvalue weighted by Gasteiger charge is -2.04. The van der Waals surface area contributed by atoms with Crippen LogP contribution in [-0.4, -0.2) is 17.6 Å². The molecule has 0 aliphatic carbocycles. The standard InChI is InChI=1S/C29H59ClO/c30-28-26-24-22-20-18-16-14-12-10-8-6-4-2-1-3-5-7-9-11-13-15-17-19-21-23-25-27-29-31/h31H,1-29H2. The van der Waals surface area contributed by atoms with Gasteiger partial charge in [-0.3, -0.25) is 0 Å². The number of unbranched alkanes of at least 4 members (excludes halogenated alkanes) is 26. The molecule has 0 aromatic carbocycles. The second kappa shape index (κ2) is 30.2. The van der Waals surface area contributed by atoms with Crippen molar-refractivity contribution in [3.8, 4) is 0 Å². The molecule has 0 fully saturated rings. The molecule has 0 saturated heterocycles. The van der Waals surface area contributed by atoms with Gasteiger partial charge in [0.05, 0.1) is 0 Å². The normalized spacial score (nSPS) is 11.4. The maximum absolute atomic E-state index is 8.76. The van der Waals surface area contributed by atoms with E-state index in [0.29, 0.717) is 6.61 Å². The predicted octanol–water partition coefficient (Wildman–Crippen LogP) is 10.8. The van der Waals surface area contributed by atoms with E-state index in [1.165, 1.54) is 167 Å². The topological polar surface area (TPSA) is 20.2 Å². The van der Waals surface area contributed by atoms with Gasteiger partial charge in [-0.2, -0.15) is 0 Å². The first-order valence-electron chi connectivity index (χ1n) is 14.6. The van der Waals surface area contributed by atoms with Gasteiger partial charge in [-0.15, -0.1) is 11.6 Å². The summed E-state index contributed by atoms with van der Waals surface area (Å²) in [7, 11) is 0. The van der Waals surface area contributed by atoms with Gasteiger partial charge in [0.25, 0.3) is 0 Å². The van der Waals surface area contributed by atoms with E-state index < -0.39 is 0 Å². The summed E-state index contributed by atoms with van der Waals surface area (Å²) in [5.41, 5.74) is 0. The second-order valence-corrected chi connectivity index (χ2v) is 10.3. The zero-order valence-electron chi connectivity index (χ0n) is 21.3. The molecule has 1 N–H and O–H groups in total. The molecule has 0 aromatic heterocycles. The molecule has 0 aliphatic rings.